The van der Waals surface area contributed by atoms with E-state index in [9.17, 15) is 4.79 Å². The van der Waals surface area contributed by atoms with Crippen molar-refractivity contribution in [2.75, 3.05) is 18.9 Å². The molecule has 0 aliphatic heterocycles. The van der Waals surface area contributed by atoms with Crippen molar-refractivity contribution in [3.63, 3.8) is 0 Å². The summed E-state index contributed by atoms with van der Waals surface area (Å²) in [4.78, 5) is 14.2. The Labute approximate surface area is 87.1 Å². The van der Waals surface area contributed by atoms with E-state index in [1.54, 1.807) is 0 Å². The van der Waals surface area contributed by atoms with E-state index in [1.807, 2.05) is 0 Å². The highest BCUT2D eigenvalue weighted by molar-refractivity contribution is 5.93. The van der Waals surface area contributed by atoms with E-state index < -0.39 is 11.4 Å². The van der Waals surface area contributed by atoms with Crippen LogP contribution in [0.5, 0.6) is 0 Å². The van der Waals surface area contributed by atoms with Crippen LogP contribution in [0.2, 0.25) is 0 Å². The van der Waals surface area contributed by atoms with E-state index in [0.29, 0.717) is 11.4 Å². The van der Waals surface area contributed by atoms with Crippen LogP contribution in [-0.2, 0) is 0 Å². The number of rotatable bonds is 4. The summed E-state index contributed by atoms with van der Waals surface area (Å²) in [6.45, 7) is 0.855. The molecule has 0 aliphatic carbocycles. The van der Waals surface area contributed by atoms with Crippen LogP contribution in [0.3, 0.4) is 0 Å². The van der Waals surface area contributed by atoms with E-state index in [1.165, 1.54) is 19.2 Å². The minimum absolute atomic E-state index is 0.292. The molecule has 0 aromatic carbocycles. The van der Waals surface area contributed by atoms with E-state index in [4.69, 9.17) is 15.9 Å². The van der Waals surface area contributed by atoms with Crippen LogP contribution in [0.25, 0.3) is 0 Å². The zero-order valence-corrected chi connectivity index (χ0v) is 8.45. The first-order valence-electron chi connectivity index (χ1n) is 4.49. The van der Waals surface area contributed by atoms with Crippen molar-refractivity contribution in [3.05, 3.63) is 18.0 Å². The minimum Gasteiger partial charge on any atom is -0.397 e. The Hall–Kier alpha value is -1.53. The molecule has 0 bridgehead atoms. The lowest BCUT2D eigenvalue weighted by molar-refractivity contribution is 0.0720. The van der Waals surface area contributed by atoms with Crippen molar-refractivity contribution in [1.82, 2.24) is 10.3 Å². The molecule has 84 valence electrons. The third kappa shape index (κ3) is 2.71. The van der Waals surface area contributed by atoms with Crippen LogP contribution in [0.1, 0.15) is 17.4 Å². The van der Waals surface area contributed by atoms with Crippen LogP contribution in [0.4, 0.5) is 5.69 Å². The predicted octanol–water partition coefficient (Wildman–Crippen LogP) is -0.930. The van der Waals surface area contributed by atoms with Gasteiger partial charge in [0.15, 0.2) is 0 Å². The second-order valence-electron chi connectivity index (χ2n) is 3.68. The van der Waals surface area contributed by atoms with Gasteiger partial charge in [0.1, 0.15) is 5.69 Å². The molecule has 6 nitrogen and oxygen atoms in total. The van der Waals surface area contributed by atoms with Gasteiger partial charge in [-0.3, -0.25) is 4.79 Å². The van der Waals surface area contributed by atoms with Gasteiger partial charge in [0.25, 0.3) is 5.91 Å². The fourth-order valence-electron chi connectivity index (χ4n) is 1.01. The average Bonchev–Trinajstić information content (AvgIpc) is 2.65. The summed E-state index contributed by atoms with van der Waals surface area (Å²) in [6, 6.07) is 1.48. The normalized spacial score (nSPS) is 11.4. The fourth-order valence-corrected chi connectivity index (χ4v) is 1.01. The average molecular weight is 213 g/mol. The largest absolute Gasteiger partial charge is 0.397 e. The molecular weight excluding hydrogens is 198 g/mol. The van der Waals surface area contributed by atoms with Crippen molar-refractivity contribution in [2.24, 2.45) is 0 Å². The van der Waals surface area contributed by atoms with Crippen molar-refractivity contribution in [3.8, 4) is 0 Å². The Kier molecular flexibility index (Phi) is 3.33. The predicted molar refractivity (Wildman–Crippen MR) is 55.2 cm³/mol. The molecule has 0 aliphatic rings. The molecule has 6 N–H and O–H groups in total. The lowest BCUT2D eigenvalue weighted by Crippen LogP contribution is -2.51. The fraction of sp³-hybridized carbons (Fsp3) is 0.444. The smallest absolute Gasteiger partial charge is 0.268 e. The van der Waals surface area contributed by atoms with Crippen molar-refractivity contribution >= 4 is 11.6 Å². The molecule has 0 fully saturated rings. The van der Waals surface area contributed by atoms with Crippen molar-refractivity contribution in [2.45, 2.75) is 12.5 Å². The molecule has 6 heteroatoms. The standard InChI is InChI=1S/C9H15N3O3/c1-9(4-13,5-14)12-8(15)7-2-6(10)3-11-7/h2-3,11,13-14H,4-5,10H2,1H3,(H,12,15). The number of nitrogen functional groups attached to an aromatic ring is 1. The first-order chi connectivity index (χ1) is 7.00. The summed E-state index contributed by atoms with van der Waals surface area (Å²) in [6.07, 6.45) is 1.49. The molecule has 1 rings (SSSR count). The zero-order chi connectivity index (χ0) is 11.5. The first kappa shape index (κ1) is 11.5. The van der Waals surface area contributed by atoms with Gasteiger partial charge in [-0.1, -0.05) is 0 Å². The number of aliphatic hydroxyl groups excluding tert-OH is 2. The van der Waals surface area contributed by atoms with Gasteiger partial charge in [0.2, 0.25) is 0 Å². The molecule has 1 amide bonds. The van der Waals surface area contributed by atoms with E-state index in [2.05, 4.69) is 10.3 Å². The van der Waals surface area contributed by atoms with Crippen molar-refractivity contribution < 1.29 is 15.0 Å². The molecule has 0 spiro atoms. The second-order valence-corrected chi connectivity index (χ2v) is 3.68. The minimum atomic E-state index is -1.03. The van der Waals surface area contributed by atoms with E-state index in [0.717, 1.165) is 0 Å². The molecule has 15 heavy (non-hydrogen) atoms. The number of aliphatic hydroxyl groups is 2. The molecule has 0 saturated carbocycles. The Morgan fingerprint density at radius 3 is 2.60 bits per heavy atom. The molecule has 0 atom stereocenters. The van der Waals surface area contributed by atoms with Gasteiger partial charge in [0.05, 0.1) is 18.8 Å². The Balaban J connectivity index is 2.71. The van der Waals surface area contributed by atoms with Gasteiger partial charge < -0.3 is 26.2 Å². The summed E-state index contributed by atoms with van der Waals surface area (Å²) in [5.41, 5.74) is 5.15. The molecule has 0 saturated heterocycles. The molecular formula is C9H15N3O3. The van der Waals surface area contributed by atoms with Gasteiger partial charge in [-0.15, -0.1) is 0 Å². The van der Waals surface area contributed by atoms with Crippen LogP contribution in [0.15, 0.2) is 12.3 Å². The lowest BCUT2D eigenvalue weighted by atomic mass is 10.1. The van der Waals surface area contributed by atoms with E-state index >= 15 is 0 Å². The van der Waals surface area contributed by atoms with Gasteiger partial charge in [-0.2, -0.15) is 0 Å². The monoisotopic (exact) mass is 213 g/mol. The quantitative estimate of drug-likeness (QED) is 0.445. The van der Waals surface area contributed by atoms with Crippen molar-refractivity contribution in [1.29, 1.82) is 0 Å². The SMILES string of the molecule is CC(CO)(CO)NC(=O)c1cc(N)c[nH]1. The number of nitrogens with two attached hydrogens (primary N) is 1. The summed E-state index contributed by atoms with van der Waals surface area (Å²) in [5, 5.41) is 20.4. The number of H-pyrrole nitrogens is 1. The Morgan fingerprint density at radius 1 is 1.60 bits per heavy atom. The maximum Gasteiger partial charge on any atom is 0.268 e. The highest BCUT2D eigenvalue weighted by Crippen LogP contribution is 2.07. The van der Waals surface area contributed by atoms with Gasteiger partial charge >= 0.3 is 0 Å². The highest BCUT2D eigenvalue weighted by atomic mass is 16.3. The van der Waals surface area contributed by atoms with E-state index in [-0.39, 0.29) is 13.2 Å². The summed E-state index contributed by atoms with van der Waals surface area (Å²) >= 11 is 0. The van der Waals surface area contributed by atoms with Gasteiger partial charge in [-0.05, 0) is 13.0 Å². The Morgan fingerprint density at radius 2 is 2.20 bits per heavy atom. The lowest BCUT2D eigenvalue weighted by Gasteiger charge is -2.25. The molecule has 1 aromatic heterocycles. The van der Waals surface area contributed by atoms with Crippen LogP contribution >= 0.6 is 0 Å². The maximum atomic E-state index is 11.6. The number of amides is 1. The van der Waals surface area contributed by atoms with Crippen LogP contribution in [0, 0.1) is 0 Å². The molecule has 0 radical (unpaired) electrons. The van der Waals surface area contributed by atoms with Crippen LogP contribution < -0.4 is 11.1 Å². The number of anilines is 1. The van der Waals surface area contributed by atoms with Gasteiger partial charge in [0, 0.05) is 11.9 Å². The first-order valence-corrected chi connectivity index (χ1v) is 4.49. The third-order valence-electron chi connectivity index (χ3n) is 2.06. The molecule has 1 aromatic rings. The maximum absolute atomic E-state index is 11.6. The summed E-state index contributed by atoms with van der Waals surface area (Å²) in [5.74, 6) is -0.419. The number of aromatic amines is 1. The number of hydrogen-bond acceptors (Lipinski definition) is 4. The number of carbonyl (C=O) groups excluding carboxylic acids is 1. The molecule has 0 unspecified atom stereocenters. The summed E-state index contributed by atoms with van der Waals surface area (Å²) < 4.78 is 0. The number of aromatic nitrogens is 1. The highest BCUT2D eigenvalue weighted by Gasteiger charge is 2.25. The second kappa shape index (κ2) is 4.33. The zero-order valence-electron chi connectivity index (χ0n) is 8.45. The van der Waals surface area contributed by atoms with Gasteiger partial charge in [-0.25, -0.2) is 0 Å². The molecule has 1 heterocycles. The van der Waals surface area contributed by atoms with Crippen LogP contribution in [-0.4, -0.2) is 39.9 Å². The number of nitrogens with one attached hydrogen (secondary N) is 2. The number of carbonyl (C=O) groups is 1. The number of hydrogen-bond donors (Lipinski definition) is 5. The third-order valence-corrected chi connectivity index (χ3v) is 2.06. The summed E-state index contributed by atoms with van der Waals surface area (Å²) in [7, 11) is 0. The Bertz CT molecular complexity index is 344. The topological polar surface area (TPSA) is 111 Å².